The molecule has 0 aliphatic rings. The monoisotopic (exact) mass is 209 g/mol. The summed E-state index contributed by atoms with van der Waals surface area (Å²) >= 11 is 0. The molecule has 0 amide bonds. The first kappa shape index (κ1) is 9.83. The van der Waals surface area contributed by atoms with Crippen LogP contribution in [0.25, 0.3) is 10.9 Å². The minimum atomic E-state index is -2.49. The van der Waals surface area contributed by atoms with Gasteiger partial charge >= 0.3 is 0 Å². The van der Waals surface area contributed by atoms with Crippen LogP contribution in [-0.2, 0) is 0 Å². The van der Waals surface area contributed by atoms with Crippen molar-refractivity contribution in [2.24, 2.45) is 0 Å². The number of pyridine rings is 1. The number of halogens is 2. The second-order valence-electron chi connectivity index (χ2n) is 3.10. The zero-order chi connectivity index (χ0) is 10.8. The highest BCUT2D eigenvalue weighted by Gasteiger charge is 2.09. The van der Waals surface area contributed by atoms with Gasteiger partial charge in [0.25, 0.3) is 6.43 Å². The Hall–Kier alpha value is -1.71. The largest absolute Gasteiger partial charge is 0.494 e. The van der Waals surface area contributed by atoms with Crippen LogP contribution in [0.1, 0.15) is 12.0 Å². The van der Waals surface area contributed by atoms with Crippen molar-refractivity contribution in [1.82, 2.24) is 4.98 Å². The van der Waals surface area contributed by atoms with Gasteiger partial charge in [-0.1, -0.05) is 12.1 Å². The Bertz CT molecular complexity index is 485. The smallest absolute Gasteiger partial charge is 0.265 e. The Morgan fingerprint density at radius 2 is 2.13 bits per heavy atom. The van der Waals surface area contributed by atoms with Gasteiger partial charge in [0.15, 0.2) is 0 Å². The number of rotatable bonds is 2. The molecule has 0 spiro atoms. The fourth-order valence-corrected chi connectivity index (χ4v) is 1.43. The Labute approximate surface area is 85.5 Å². The number of hydrogen-bond acceptors (Lipinski definition) is 2. The minimum absolute atomic E-state index is 0.0734. The summed E-state index contributed by atoms with van der Waals surface area (Å²) in [6, 6.07) is 6.65. The molecule has 0 radical (unpaired) electrons. The fraction of sp³-hybridized carbons (Fsp3) is 0.182. The maximum absolute atomic E-state index is 12.4. The van der Waals surface area contributed by atoms with Gasteiger partial charge in [-0.3, -0.25) is 4.98 Å². The van der Waals surface area contributed by atoms with Crippen molar-refractivity contribution >= 4 is 10.9 Å². The van der Waals surface area contributed by atoms with Crippen molar-refractivity contribution < 1.29 is 13.5 Å². The summed E-state index contributed by atoms with van der Waals surface area (Å²) < 4.78 is 29.9. The van der Waals surface area contributed by atoms with Gasteiger partial charge in [0.2, 0.25) is 0 Å². The first-order valence-electron chi connectivity index (χ1n) is 4.43. The second kappa shape index (κ2) is 3.81. The lowest BCUT2D eigenvalue weighted by Crippen LogP contribution is -1.90. The van der Waals surface area contributed by atoms with Gasteiger partial charge in [0, 0.05) is 17.1 Å². The molecule has 15 heavy (non-hydrogen) atoms. The molecule has 1 heterocycles. The van der Waals surface area contributed by atoms with E-state index in [1.807, 2.05) is 0 Å². The van der Waals surface area contributed by atoms with Crippen LogP contribution >= 0.6 is 0 Å². The molecule has 2 rings (SSSR count). The van der Waals surface area contributed by atoms with E-state index in [9.17, 15) is 8.78 Å². The van der Waals surface area contributed by atoms with Gasteiger partial charge in [-0.15, -0.1) is 0 Å². The first-order chi connectivity index (χ1) is 7.22. The molecule has 0 saturated carbocycles. The molecular weight excluding hydrogens is 200 g/mol. The van der Waals surface area contributed by atoms with Crippen molar-refractivity contribution in [2.45, 2.75) is 6.43 Å². The van der Waals surface area contributed by atoms with Gasteiger partial charge in [0.1, 0.15) is 11.3 Å². The summed E-state index contributed by atoms with van der Waals surface area (Å²) in [5.74, 6) is 0.591. The predicted molar refractivity (Wildman–Crippen MR) is 53.3 cm³/mol. The normalized spacial score (nSPS) is 10.9. The molecule has 1 aromatic carbocycles. The summed E-state index contributed by atoms with van der Waals surface area (Å²) in [7, 11) is 1.53. The molecule has 2 nitrogen and oxygen atoms in total. The highest BCUT2D eigenvalue weighted by Crippen LogP contribution is 2.26. The third kappa shape index (κ3) is 1.75. The summed E-state index contributed by atoms with van der Waals surface area (Å²) in [6.45, 7) is 0. The molecule has 0 saturated heterocycles. The van der Waals surface area contributed by atoms with Crippen molar-refractivity contribution in [3.63, 3.8) is 0 Å². The quantitative estimate of drug-likeness (QED) is 0.757. The number of alkyl halides is 2. The van der Waals surface area contributed by atoms with E-state index in [0.717, 1.165) is 0 Å². The van der Waals surface area contributed by atoms with Gasteiger partial charge < -0.3 is 4.74 Å². The summed E-state index contributed by atoms with van der Waals surface area (Å²) in [5, 5.41) is 0.659. The molecule has 4 heteroatoms. The van der Waals surface area contributed by atoms with Crippen LogP contribution in [0.15, 0.2) is 30.5 Å². The highest BCUT2D eigenvalue weighted by molar-refractivity contribution is 5.84. The highest BCUT2D eigenvalue weighted by atomic mass is 19.3. The van der Waals surface area contributed by atoms with E-state index in [4.69, 9.17) is 4.74 Å². The minimum Gasteiger partial charge on any atom is -0.494 e. The van der Waals surface area contributed by atoms with Crippen molar-refractivity contribution in [3.8, 4) is 5.75 Å². The SMILES string of the molecule is COc1cccc2cc(C(F)F)cnc12. The van der Waals surface area contributed by atoms with E-state index in [1.165, 1.54) is 19.4 Å². The van der Waals surface area contributed by atoms with Crippen LogP contribution in [0.3, 0.4) is 0 Å². The maximum Gasteiger partial charge on any atom is 0.265 e. The molecule has 0 aliphatic carbocycles. The van der Waals surface area contributed by atoms with Crippen LogP contribution in [-0.4, -0.2) is 12.1 Å². The van der Waals surface area contributed by atoms with E-state index >= 15 is 0 Å². The van der Waals surface area contributed by atoms with E-state index < -0.39 is 6.43 Å². The Balaban J connectivity index is 2.63. The molecule has 2 aromatic rings. The lowest BCUT2D eigenvalue weighted by molar-refractivity contribution is 0.151. The molecule has 0 aliphatic heterocycles. The van der Waals surface area contributed by atoms with Crippen molar-refractivity contribution in [3.05, 3.63) is 36.0 Å². The number of para-hydroxylation sites is 1. The number of methoxy groups -OCH3 is 1. The molecule has 0 atom stereocenters. The topological polar surface area (TPSA) is 22.1 Å². The van der Waals surface area contributed by atoms with Gasteiger partial charge in [0.05, 0.1) is 7.11 Å². The summed E-state index contributed by atoms with van der Waals surface area (Å²) in [6.07, 6.45) is -1.32. The first-order valence-corrected chi connectivity index (χ1v) is 4.43. The van der Waals surface area contributed by atoms with Crippen molar-refractivity contribution in [2.75, 3.05) is 7.11 Å². The van der Waals surface area contributed by atoms with E-state index in [-0.39, 0.29) is 5.56 Å². The molecule has 0 N–H and O–H groups in total. The summed E-state index contributed by atoms with van der Waals surface area (Å²) in [4.78, 5) is 3.97. The third-order valence-corrected chi connectivity index (χ3v) is 2.17. The van der Waals surface area contributed by atoms with Crippen LogP contribution < -0.4 is 4.74 Å². The van der Waals surface area contributed by atoms with Crippen LogP contribution in [0, 0.1) is 0 Å². The molecule has 0 fully saturated rings. The Kier molecular flexibility index (Phi) is 2.49. The molecule has 1 aromatic heterocycles. The number of nitrogens with zero attached hydrogens (tertiary/aromatic N) is 1. The summed E-state index contributed by atoms with van der Waals surface area (Å²) in [5.41, 5.74) is 0.528. The second-order valence-corrected chi connectivity index (χ2v) is 3.10. The average Bonchev–Trinajstić information content (AvgIpc) is 2.27. The molecule has 78 valence electrons. The Morgan fingerprint density at radius 3 is 2.80 bits per heavy atom. The fourth-order valence-electron chi connectivity index (χ4n) is 1.43. The molecule has 0 unspecified atom stereocenters. The zero-order valence-electron chi connectivity index (χ0n) is 8.08. The van der Waals surface area contributed by atoms with E-state index in [0.29, 0.717) is 16.7 Å². The standard InChI is InChI=1S/C11H9F2NO/c1-15-9-4-2-3-7-5-8(11(12)13)6-14-10(7)9/h2-6,11H,1H3. The van der Waals surface area contributed by atoms with Crippen LogP contribution in [0.2, 0.25) is 0 Å². The number of benzene rings is 1. The predicted octanol–water partition coefficient (Wildman–Crippen LogP) is 3.18. The number of fused-ring (bicyclic) bond motifs is 1. The van der Waals surface area contributed by atoms with Gasteiger partial charge in [-0.25, -0.2) is 8.78 Å². The van der Waals surface area contributed by atoms with Gasteiger partial charge in [-0.05, 0) is 12.1 Å². The molecule has 0 bridgehead atoms. The number of hydrogen-bond donors (Lipinski definition) is 0. The lowest BCUT2D eigenvalue weighted by Gasteiger charge is -2.05. The van der Waals surface area contributed by atoms with Crippen LogP contribution in [0.4, 0.5) is 8.78 Å². The Morgan fingerprint density at radius 1 is 1.33 bits per heavy atom. The third-order valence-electron chi connectivity index (χ3n) is 2.17. The van der Waals surface area contributed by atoms with Gasteiger partial charge in [-0.2, -0.15) is 0 Å². The van der Waals surface area contributed by atoms with E-state index in [1.54, 1.807) is 18.2 Å². The lowest BCUT2D eigenvalue weighted by atomic mass is 10.1. The maximum atomic E-state index is 12.4. The average molecular weight is 209 g/mol. The van der Waals surface area contributed by atoms with Crippen molar-refractivity contribution in [1.29, 1.82) is 0 Å². The molecular formula is C11H9F2NO. The van der Waals surface area contributed by atoms with Crippen LogP contribution in [0.5, 0.6) is 5.75 Å². The van der Waals surface area contributed by atoms with E-state index in [2.05, 4.69) is 4.98 Å². The number of ether oxygens (including phenoxy) is 1. The number of aromatic nitrogens is 1. The zero-order valence-corrected chi connectivity index (χ0v) is 8.08.